The summed E-state index contributed by atoms with van der Waals surface area (Å²) in [6, 6.07) is 9.68. The molecule has 168 valence electrons. The second-order valence-electron chi connectivity index (χ2n) is 8.99. The fourth-order valence-electron chi connectivity index (χ4n) is 4.45. The molecule has 2 fully saturated rings. The van der Waals surface area contributed by atoms with Gasteiger partial charge in [-0.05, 0) is 55.4 Å². The van der Waals surface area contributed by atoms with E-state index in [1.807, 2.05) is 24.3 Å². The van der Waals surface area contributed by atoms with Crippen LogP contribution in [0.15, 0.2) is 30.3 Å². The molecule has 0 atom stereocenters. The van der Waals surface area contributed by atoms with Crippen molar-refractivity contribution >= 4 is 11.8 Å². The number of hydrogen-bond acceptors (Lipinski definition) is 6. The summed E-state index contributed by atoms with van der Waals surface area (Å²) in [6.07, 6.45) is 5.85. The number of methoxy groups -OCH3 is 2. The van der Waals surface area contributed by atoms with E-state index in [1.54, 1.807) is 14.2 Å². The van der Waals surface area contributed by atoms with Crippen molar-refractivity contribution in [3.63, 3.8) is 0 Å². The summed E-state index contributed by atoms with van der Waals surface area (Å²) in [4.78, 5) is 24.4. The fourth-order valence-corrected chi connectivity index (χ4v) is 4.45. The van der Waals surface area contributed by atoms with Crippen LogP contribution in [0.4, 0.5) is 0 Å². The van der Waals surface area contributed by atoms with Crippen molar-refractivity contribution in [3.05, 3.63) is 41.5 Å². The minimum atomic E-state index is -0.553. The molecule has 3 aliphatic carbocycles. The average molecular weight is 437 g/mol. The maximum Gasteiger partial charge on any atom is 0.309 e. The first-order chi connectivity index (χ1) is 15.5. The van der Waals surface area contributed by atoms with Crippen molar-refractivity contribution in [2.24, 2.45) is 5.92 Å². The highest BCUT2D eigenvalue weighted by Gasteiger charge is 2.49. The Labute approximate surface area is 187 Å². The number of carbonyl (C=O) groups excluding carboxylic acids is 2. The third kappa shape index (κ3) is 3.72. The number of carbonyl (C=O) groups is 2. The minimum absolute atomic E-state index is 0.0449. The molecular weight excluding hydrogens is 408 g/mol. The van der Waals surface area contributed by atoms with Crippen LogP contribution in [-0.2, 0) is 16.0 Å². The van der Waals surface area contributed by atoms with Crippen LogP contribution < -0.4 is 14.2 Å². The van der Waals surface area contributed by atoms with E-state index in [0.29, 0.717) is 23.7 Å². The van der Waals surface area contributed by atoms with E-state index in [4.69, 9.17) is 18.9 Å². The highest BCUT2D eigenvalue weighted by Crippen LogP contribution is 2.48. The number of hydrogen-bond donors (Lipinski definition) is 0. The summed E-state index contributed by atoms with van der Waals surface area (Å²) in [5.41, 5.74) is 3.11. The maximum atomic E-state index is 12.4. The van der Waals surface area contributed by atoms with Crippen LogP contribution >= 0.6 is 0 Å². The zero-order valence-electron chi connectivity index (χ0n) is 18.6. The smallest absolute Gasteiger partial charge is 0.309 e. The van der Waals surface area contributed by atoms with E-state index in [-0.39, 0.29) is 24.3 Å². The standard InChI is InChI=1S/C26H28O6/c1-29-22-11-9-20(18-6-8-19-17(14-18)7-10-21(19)27)23(24(22)30-2)31-15-26(12-13-26)32-25(28)16-4-3-5-16/h6,8-9,11,14,16H,3-5,7,10,12-13,15H2,1-2H3. The summed E-state index contributed by atoms with van der Waals surface area (Å²) in [5.74, 6) is 1.77. The number of Topliss-reactive ketones (excluding diaryl/α,β-unsaturated/α-hetero) is 1. The molecule has 2 saturated carbocycles. The summed E-state index contributed by atoms with van der Waals surface area (Å²) < 4.78 is 23.3. The Morgan fingerprint density at radius 2 is 1.78 bits per heavy atom. The molecule has 2 aromatic rings. The number of aryl methyl sites for hydroxylation is 1. The van der Waals surface area contributed by atoms with Gasteiger partial charge in [-0.15, -0.1) is 0 Å². The van der Waals surface area contributed by atoms with E-state index < -0.39 is 5.60 Å². The van der Waals surface area contributed by atoms with Gasteiger partial charge in [-0.1, -0.05) is 24.6 Å². The van der Waals surface area contributed by atoms with Gasteiger partial charge < -0.3 is 18.9 Å². The number of ether oxygens (including phenoxy) is 4. The second-order valence-corrected chi connectivity index (χ2v) is 8.99. The highest BCUT2D eigenvalue weighted by molar-refractivity contribution is 6.01. The zero-order valence-corrected chi connectivity index (χ0v) is 18.6. The van der Waals surface area contributed by atoms with E-state index in [2.05, 4.69) is 6.07 Å². The predicted molar refractivity (Wildman–Crippen MR) is 119 cm³/mol. The number of benzene rings is 2. The second kappa shape index (κ2) is 8.15. The number of fused-ring (bicyclic) bond motifs is 1. The Morgan fingerprint density at radius 3 is 2.44 bits per heavy atom. The molecule has 3 aliphatic rings. The van der Waals surface area contributed by atoms with Gasteiger partial charge in [-0.3, -0.25) is 9.59 Å². The Bertz CT molecular complexity index is 1060. The summed E-state index contributed by atoms with van der Waals surface area (Å²) in [6.45, 7) is 0.269. The van der Waals surface area contributed by atoms with Gasteiger partial charge in [0, 0.05) is 17.5 Å². The zero-order chi connectivity index (χ0) is 22.3. The van der Waals surface area contributed by atoms with Crippen LogP contribution in [0.2, 0.25) is 0 Å². The Balaban J connectivity index is 1.44. The van der Waals surface area contributed by atoms with Crippen LogP contribution in [0, 0.1) is 5.92 Å². The summed E-state index contributed by atoms with van der Waals surface area (Å²) >= 11 is 0. The molecule has 0 bridgehead atoms. The molecule has 0 aromatic heterocycles. The van der Waals surface area contributed by atoms with Gasteiger partial charge in [-0.2, -0.15) is 0 Å². The van der Waals surface area contributed by atoms with Crippen molar-refractivity contribution in [2.45, 2.75) is 50.5 Å². The van der Waals surface area contributed by atoms with Crippen molar-refractivity contribution in [1.82, 2.24) is 0 Å². The monoisotopic (exact) mass is 436 g/mol. The average Bonchev–Trinajstić information content (AvgIpc) is 3.42. The minimum Gasteiger partial charge on any atom is -0.493 e. The van der Waals surface area contributed by atoms with E-state index in [0.717, 1.165) is 60.8 Å². The molecule has 0 spiro atoms. The molecule has 0 radical (unpaired) electrons. The molecular formula is C26H28O6. The number of esters is 1. The van der Waals surface area contributed by atoms with Crippen molar-refractivity contribution in [2.75, 3.05) is 20.8 Å². The topological polar surface area (TPSA) is 71.1 Å². The van der Waals surface area contributed by atoms with Crippen molar-refractivity contribution in [3.8, 4) is 28.4 Å². The summed E-state index contributed by atoms with van der Waals surface area (Å²) in [7, 11) is 3.17. The SMILES string of the molecule is COc1ccc(-c2ccc3c(c2)CCC3=O)c(OCC2(OC(=O)C3CCC3)CC2)c1OC. The molecule has 5 rings (SSSR count). The first-order valence-electron chi connectivity index (χ1n) is 11.3. The van der Waals surface area contributed by atoms with E-state index in [1.165, 1.54) is 0 Å². The molecule has 6 nitrogen and oxygen atoms in total. The molecule has 0 saturated heterocycles. The summed E-state index contributed by atoms with van der Waals surface area (Å²) in [5, 5.41) is 0. The molecule has 0 N–H and O–H groups in total. The lowest BCUT2D eigenvalue weighted by atomic mass is 9.85. The molecule has 2 aromatic carbocycles. The van der Waals surface area contributed by atoms with Gasteiger partial charge in [0.2, 0.25) is 5.75 Å². The Kier molecular flexibility index (Phi) is 5.31. The van der Waals surface area contributed by atoms with Gasteiger partial charge in [-0.25, -0.2) is 0 Å². The van der Waals surface area contributed by atoms with E-state index in [9.17, 15) is 9.59 Å². The molecule has 32 heavy (non-hydrogen) atoms. The van der Waals surface area contributed by atoms with Gasteiger partial charge >= 0.3 is 5.97 Å². The third-order valence-corrected chi connectivity index (χ3v) is 6.88. The molecule has 0 unspecified atom stereocenters. The fraction of sp³-hybridized carbons (Fsp3) is 0.462. The maximum absolute atomic E-state index is 12.4. The number of rotatable bonds is 8. The first kappa shape index (κ1) is 20.9. The lowest BCUT2D eigenvalue weighted by Crippen LogP contribution is -2.33. The quantitative estimate of drug-likeness (QED) is 0.556. The van der Waals surface area contributed by atoms with Crippen LogP contribution in [0.5, 0.6) is 17.2 Å². The largest absolute Gasteiger partial charge is 0.493 e. The van der Waals surface area contributed by atoms with Gasteiger partial charge in [0.05, 0.1) is 20.1 Å². The first-order valence-corrected chi connectivity index (χ1v) is 11.3. The normalized spacial score (nSPS) is 18.5. The third-order valence-electron chi connectivity index (χ3n) is 6.88. The van der Waals surface area contributed by atoms with E-state index >= 15 is 0 Å². The molecule has 6 heteroatoms. The van der Waals surface area contributed by atoms with Crippen molar-refractivity contribution in [1.29, 1.82) is 0 Å². The van der Waals surface area contributed by atoms with Crippen molar-refractivity contribution < 1.29 is 28.5 Å². The van der Waals surface area contributed by atoms with Gasteiger partial charge in [0.1, 0.15) is 12.2 Å². The predicted octanol–water partition coefficient (Wildman–Crippen LogP) is 4.75. The highest BCUT2D eigenvalue weighted by atomic mass is 16.6. The van der Waals surface area contributed by atoms with Gasteiger partial charge in [0.15, 0.2) is 17.3 Å². The molecule has 0 heterocycles. The number of ketones is 1. The van der Waals surface area contributed by atoms with Gasteiger partial charge in [0.25, 0.3) is 0 Å². The van der Waals surface area contributed by atoms with Crippen LogP contribution in [-0.4, -0.2) is 38.2 Å². The van der Waals surface area contributed by atoms with Crippen LogP contribution in [0.25, 0.3) is 11.1 Å². The molecule has 0 amide bonds. The lowest BCUT2D eigenvalue weighted by Gasteiger charge is -2.27. The van der Waals surface area contributed by atoms with Crippen LogP contribution in [0.3, 0.4) is 0 Å². The molecule has 0 aliphatic heterocycles. The van der Waals surface area contributed by atoms with Crippen LogP contribution in [0.1, 0.15) is 54.4 Å². The Morgan fingerprint density at radius 1 is 1.00 bits per heavy atom. The Hall–Kier alpha value is -3.02. The lowest BCUT2D eigenvalue weighted by molar-refractivity contribution is -0.161.